The van der Waals surface area contributed by atoms with Crippen LogP contribution in [-0.2, 0) is 11.3 Å². The minimum absolute atomic E-state index is 0.00122. The first-order valence-electron chi connectivity index (χ1n) is 10.1. The fourth-order valence-corrected chi connectivity index (χ4v) is 4.43. The summed E-state index contributed by atoms with van der Waals surface area (Å²) in [6.07, 6.45) is 1.50. The molecule has 0 N–H and O–H groups in total. The topological polar surface area (TPSA) is 70.8 Å². The summed E-state index contributed by atoms with van der Waals surface area (Å²) >= 11 is 1.60. The van der Waals surface area contributed by atoms with Crippen molar-refractivity contribution < 1.29 is 14.2 Å². The molecule has 3 aromatic rings. The maximum atomic E-state index is 6.12. The van der Waals surface area contributed by atoms with E-state index >= 15 is 0 Å². The van der Waals surface area contributed by atoms with Crippen molar-refractivity contribution in [2.45, 2.75) is 23.9 Å². The molecule has 0 amide bonds. The van der Waals surface area contributed by atoms with E-state index in [4.69, 9.17) is 14.2 Å². The second kappa shape index (κ2) is 8.85. The molecule has 2 aromatic carbocycles. The van der Waals surface area contributed by atoms with Crippen LogP contribution in [-0.4, -0.2) is 45.7 Å². The largest absolute Gasteiger partial charge is 0.485 e. The Morgan fingerprint density at radius 2 is 1.84 bits per heavy atom. The Bertz CT molecular complexity index is 1100. The van der Waals surface area contributed by atoms with E-state index in [1.807, 2.05) is 65.2 Å². The van der Waals surface area contributed by atoms with E-state index in [1.54, 1.807) is 11.8 Å². The van der Waals surface area contributed by atoms with Gasteiger partial charge in [-0.1, -0.05) is 48.2 Å². The van der Waals surface area contributed by atoms with Crippen molar-refractivity contribution in [3.63, 3.8) is 0 Å². The predicted octanol–water partition coefficient (Wildman–Crippen LogP) is 3.91. The number of hydrogen-bond donors (Lipinski definition) is 0. The zero-order chi connectivity index (χ0) is 21.0. The SMILES string of the molecule is C=CCn1c(SC[C@@H]2CN=C(c3ccccc3)O2)nnc1[C@@H]1COc2ccccc2O1. The minimum atomic E-state index is -0.326. The average molecular weight is 435 g/mol. The van der Waals surface area contributed by atoms with Gasteiger partial charge in [0.1, 0.15) is 12.7 Å². The molecule has 0 saturated carbocycles. The smallest absolute Gasteiger partial charge is 0.216 e. The van der Waals surface area contributed by atoms with Gasteiger partial charge in [0, 0.05) is 17.9 Å². The van der Waals surface area contributed by atoms with Crippen molar-refractivity contribution in [3.05, 3.63) is 78.6 Å². The molecule has 0 unspecified atom stereocenters. The van der Waals surface area contributed by atoms with Gasteiger partial charge in [0.05, 0.1) is 6.54 Å². The van der Waals surface area contributed by atoms with Crippen molar-refractivity contribution in [2.24, 2.45) is 4.99 Å². The molecule has 0 fully saturated rings. The molecule has 0 saturated heterocycles. The number of aliphatic imine (C=N–C) groups is 1. The number of aromatic nitrogens is 3. The van der Waals surface area contributed by atoms with E-state index in [1.165, 1.54) is 0 Å². The Morgan fingerprint density at radius 3 is 2.68 bits per heavy atom. The average Bonchev–Trinajstić information content (AvgIpc) is 3.45. The van der Waals surface area contributed by atoms with E-state index in [0.29, 0.717) is 31.3 Å². The molecule has 2 aliphatic heterocycles. The molecule has 0 aliphatic carbocycles. The van der Waals surface area contributed by atoms with Gasteiger partial charge in [0.2, 0.25) is 5.90 Å². The summed E-state index contributed by atoms with van der Waals surface area (Å²) < 4.78 is 20.0. The number of benzene rings is 2. The Balaban J connectivity index is 1.26. The molecule has 3 heterocycles. The highest BCUT2D eigenvalue weighted by Crippen LogP contribution is 2.36. The normalized spacial score (nSPS) is 19.5. The van der Waals surface area contributed by atoms with Gasteiger partial charge >= 0.3 is 0 Å². The third kappa shape index (κ3) is 4.16. The molecule has 5 rings (SSSR count). The quantitative estimate of drug-likeness (QED) is 0.415. The van der Waals surface area contributed by atoms with Crippen molar-refractivity contribution in [3.8, 4) is 11.5 Å². The Hall–Kier alpha value is -3.26. The fourth-order valence-electron chi connectivity index (χ4n) is 3.50. The third-order valence-corrected chi connectivity index (χ3v) is 6.09. The molecule has 0 radical (unpaired) electrons. The van der Waals surface area contributed by atoms with Crippen molar-refractivity contribution in [2.75, 3.05) is 18.9 Å². The lowest BCUT2D eigenvalue weighted by Crippen LogP contribution is -2.25. The van der Waals surface area contributed by atoms with Crippen LogP contribution < -0.4 is 9.47 Å². The highest BCUT2D eigenvalue weighted by molar-refractivity contribution is 7.99. The fraction of sp³-hybridized carbons (Fsp3) is 0.261. The van der Waals surface area contributed by atoms with Crippen molar-refractivity contribution in [1.29, 1.82) is 0 Å². The Morgan fingerprint density at radius 1 is 1.03 bits per heavy atom. The molecule has 2 aliphatic rings. The summed E-state index contributed by atoms with van der Waals surface area (Å²) in [5, 5.41) is 9.61. The van der Waals surface area contributed by atoms with E-state index < -0.39 is 0 Å². The molecule has 0 spiro atoms. The van der Waals surface area contributed by atoms with Crippen LogP contribution in [0.2, 0.25) is 0 Å². The van der Waals surface area contributed by atoms with E-state index in [9.17, 15) is 0 Å². The van der Waals surface area contributed by atoms with Gasteiger partial charge in [0.15, 0.2) is 28.6 Å². The van der Waals surface area contributed by atoms with Crippen LogP contribution in [0.15, 0.2) is 77.4 Å². The van der Waals surface area contributed by atoms with E-state index in [0.717, 1.165) is 28.0 Å². The van der Waals surface area contributed by atoms with Gasteiger partial charge in [-0.05, 0) is 24.3 Å². The van der Waals surface area contributed by atoms with Crippen LogP contribution in [0.4, 0.5) is 0 Å². The lowest BCUT2D eigenvalue weighted by molar-refractivity contribution is 0.0821. The molecule has 0 bridgehead atoms. The van der Waals surface area contributed by atoms with Crippen molar-refractivity contribution in [1.82, 2.24) is 14.8 Å². The van der Waals surface area contributed by atoms with Crippen LogP contribution in [0, 0.1) is 0 Å². The summed E-state index contributed by atoms with van der Waals surface area (Å²) in [5.41, 5.74) is 1.00. The molecule has 1 aromatic heterocycles. The number of allylic oxidation sites excluding steroid dienone is 1. The van der Waals surface area contributed by atoms with Gasteiger partial charge in [-0.3, -0.25) is 4.57 Å². The zero-order valence-electron chi connectivity index (χ0n) is 16.9. The minimum Gasteiger partial charge on any atom is -0.485 e. The second-order valence-corrected chi connectivity index (χ2v) is 8.15. The number of thioether (sulfide) groups is 1. The zero-order valence-corrected chi connectivity index (χ0v) is 17.7. The maximum absolute atomic E-state index is 6.12. The number of fused-ring (bicyclic) bond motifs is 1. The summed E-state index contributed by atoms with van der Waals surface area (Å²) in [4.78, 5) is 4.54. The number of rotatable bonds is 7. The number of para-hydroxylation sites is 2. The number of ether oxygens (including phenoxy) is 3. The van der Waals surface area contributed by atoms with Gasteiger partial charge in [-0.2, -0.15) is 0 Å². The third-order valence-electron chi connectivity index (χ3n) is 4.99. The standard InChI is InChI=1S/C23H22N4O3S/c1-2-12-27-21(20-14-28-18-10-6-7-11-19(18)30-20)25-26-23(27)31-15-17-13-24-22(29-17)16-8-4-3-5-9-16/h2-11,17,20H,1,12-15H2/t17-,20-/m0/s1. The molecular formula is C23H22N4O3S. The lowest BCUT2D eigenvalue weighted by atomic mass is 10.2. The first-order chi connectivity index (χ1) is 15.3. The maximum Gasteiger partial charge on any atom is 0.216 e. The van der Waals surface area contributed by atoms with E-state index in [2.05, 4.69) is 21.8 Å². The summed E-state index contributed by atoms with van der Waals surface area (Å²) in [6.45, 7) is 5.49. The van der Waals surface area contributed by atoms with E-state index in [-0.39, 0.29) is 12.2 Å². The monoisotopic (exact) mass is 434 g/mol. The lowest BCUT2D eigenvalue weighted by Gasteiger charge is -2.26. The highest BCUT2D eigenvalue weighted by Gasteiger charge is 2.29. The van der Waals surface area contributed by atoms with Gasteiger partial charge in [-0.15, -0.1) is 16.8 Å². The van der Waals surface area contributed by atoms with Gasteiger partial charge in [0.25, 0.3) is 0 Å². The van der Waals surface area contributed by atoms with Crippen LogP contribution in [0.1, 0.15) is 17.5 Å². The molecule has 31 heavy (non-hydrogen) atoms. The van der Waals surface area contributed by atoms with Crippen LogP contribution >= 0.6 is 11.8 Å². The molecule has 8 heteroatoms. The molecular weight excluding hydrogens is 412 g/mol. The number of hydrogen-bond acceptors (Lipinski definition) is 7. The van der Waals surface area contributed by atoms with Crippen LogP contribution in [0.25, 0.3) is 0 Å². The second-order valence-electron chi connectivity index (χ2n) is 7.17. The number of nitrogens with zero attached hydrogens (tertiary/aromatic N) is 4. The summed E-state index contributed by atoms with van der Waals surface area (Å²) in [5.74, 6) is 3.61. The molecule has 2 atom stereocenters. The molecule has 158 valence electrons. The van der Waals surface area contributed by atoms with Crippen molar-refractivity contribution >= 4 is 17.7 Å². The van der Waals surface area contributed by atoms with Gasteiger partial charge < -0.3 is 14.2 Å². The van der Waals surface area contributed by atoms with Crippen LogP contribution in [0.3, 0.4) is 0 Å². The Kier molecular flexibility index (Phi) is 5.62. The summed E-state index contributed by atoms with van der Waals surface area (Å²) in [6, 6.07) is 17.6. The highest BCUT2D eigenvalue weighted by atomic mass is 32.2. The first kappa shape index (κ1) is 19.7. The first-order valence-corrected chi connectivity index (χ1v) is 11.1. The van der Waals surface area contributed by atoms with Crippen LogP contribution in [0.5, 0.6) is 11.5 Å². The predicted molar refractivity (Wildman–Crippen MR) is 119 cm³/mol. The Labute approximate surface area is 184 Å². The summed E-state index contributed by atoms with van der Waals surface area (Å²) in [7, 11) is 0. The van der Waals surface area contributed by atoms with Gasteiger partial charge in [-0.25, -0.2) is 4.99 Å². The molecule has 7 nitrogen and oxygen atoms in total.